The van der Waals surface area contributed by atoms with Crippen LogP contribution in [0.1, 0.15) is 5.89 Å². The van der Waals surface area contributed by atoms with E-state index in [0.717, 1.165) is 17.4 Å². The predicted octanol–water partition coefficient (Wildman–Crippen LogP) is 3.70. The minimum atomic E-state index is -3.93. The van der Waals surface area contributed by atoms with Crippen molar-refractivity contribution < 1.29 is 17.2 Å². The zero-order valence-corrected chi connectivity index (χ0v) is 14.0. The smallest absolute Gasteiger partial charge is 0.271 e. The zero-order valence-electron chi connectivity index (χ0n) is 11.6. The topological polar surface area (TPSA) is 85.1 Å². The number of halogens is 2. The lowest BCUT2D eigenvalue weighted by Gasteiger charge is -2.07. The second-order valence-corrected chi connectivity index (χ2v) is 7.77. The van der Waals surface area contributed by atoms with Crippen LogP contribution in [-0.4, -0.2) is 18.6 Å². The molecule has 2 aromatic heterocycles. The SMILES string of the molecule is Cc1nnc(-c2csc(S(=O)(=O)Nc3ccc(Cl)cc3F)c2)o1. The van der Waals surface area contributed by atoms with Crippen molar-refractivity contribution in [3.63, 3.8) is 0 Å². The highest BCUT2D eigenvalue weighted by atomic mass is 35.5. The number of hydrogen-bond acceptors (Lipinski definition) is 6. The molecule has 3 rings (SSSR count). The second kappa shape index (κ2) is 5.91. The third-order valence-corrected chi connectivity index (χ3v) is 5.83. The van der Waals surface area contributed by atoms with Gasteiger partial charge in [0.2, 0.25) is 11.8 Å². The molecule has 1 aromatic carbocycles. The molecule has 6 nitrogen and oxygen atoms in total. The molecular formula is C13H9ClFN3O3S2. The Balaban J connectivity index is 1.89. The van der Waals surface area contributed by atoms with Crippen molar-refractivity contribution in [3.05, 3.63) is 46.4 Å². The molecule has 2 heterocycles. The molecule has 0 amide bonds. The van der Waals surface area contributed by atoms with Crippen LogP contribution >= 0.6 is 22.9 Å². The van der Waals surface area contributed by atoms with Crippen LogP contribution in [-0.2, 0) is 10.0 Å². The van der Waals surface area contributed by atoms with E-state index >= 15 is 0 Å². The number of nitrogens with zero attached hydrogens (tertiary/aromatic N) is 2. The first-order chi connectivity index (χ1) is 10.8. The van der Waals surface area contributed by atoms with E-state index in [-0.39, 0.29) is 20.8 Å². The molecule has 3 aromatic rings. The molecule has 0 saturated carbocycles. The van der Waals surface area contributed by atoms with Crippen molar-refractivity contribution in [1.82, 2.24) is 10.2 Å². The van der Waals surface area contributed by atoms with Gasteiger partial charge in [0.15, 0.2) is 0 Å². The monoisotopic (exact) mass is 373 g/mol. The fourth-order valence-electron chi connectivity index (χ4n) is 1.75. The molecule has 0 radical (unpaired) electrons. The first kappa shape index (κ1) is 15.9. The van der Waals surface area contributed by atoms with Gasteiger partial charge in [-0.2, -0.15) is 0 Å². The highest BCUT2D eigenvalue weighted by Gasteiger charge is 2.20. The number of nitrogens with one attached hydrogen (secondary N) is 1. The highest BCUT2D eigenvalue weighted by molar-refractivity contribution is 7.94. The van der Waals surface area contributed by atoms with E-state index in [9.17, 15) is 12.8 Å². The Bertz CT molecular complexity index is 969. The number of aromatic nitrogens is 2. The Morgan fingerprint density at radius 3 is 2.74 bits per heavy atom. The van der Waals surface area contributed by atoms with E-state index in [2.05, 4.69) is 14.9 Å². The number of sulfonamides is 1. The van der Waals surface area contributed by atoms with E-state index in [1.807, 2.05) is 0 Å². The van der Waals surface area contributed by atoms with Gasteiger partial charge < -0.3 is 4.42 Å². The number of aryl methyl sites for hydroxylation is 1. The van der Waals surface area contributed by atoms with E-state index in [4.69, 9.17) is 16.0 Å². The summed E-state index contributed by atoms with van der Waals surface area (Å²) < 4.78 is 45.8. The van der Waals surface area contributed by atoms with E-state index in [1.54, 1.807) is 12.3 Å². The van der Waals surface area contributed by atoms with E-state index in [0.29, 0.717) is 11.5 Å². The van der Waals surface area contributed by atoms with Gasteiger partial charge in [-0.05, 0) is 24.3 Å². The lowest BCUT2D eigenvalue weighted by molar-refractivity contribution is 0.533. The molecule has 0 bridgehead atoms. The summed E-state index contributed by atoms with van der Waals surface area (Å²) in [6, 6.07) is 5.06. The first-order valence-electron chi connectivity index (χ1n) is 6.22. The summed E-state index contributed by atoms with van der Waals surface area (Å²) in [7, 11) is -3.93. The van der Waals surface area contributed by atoms with Crippen molar-refractivity contribution in [2.45, 2.75) is 11.1 Å². The number of anilines is 1. The van der Waals surface area contributed by atoms with Gasteiger partial charge in [0.25, 0.3) is 10.0 Å². The van der Waals surface area contributed by atoms with Gasteiger partial charge in [0.1, 0.15) is 10.0 Å². The molecule has 0 spiro atoms. The lowest BCUT2D eigenvalue weighted by atomic mass is 10.3. The standard InChI is InChI=1S/C13H9ClFN3O3S2/c1-7-16-17-13(21-7)8-4-12(22-6-8)23(19,20)18-11-3-2-9(14)5-10(11)15/h2-6,18H,1H3. The highest BCUT2D eigenvalue weighted by Crippen LogP contribution is 2.29. The van der Waals surface area contributed by atoms with Crippen LogP contribution in [0.5, 0.6) is 0 Å². The third kappa shape index (κ3) is 3.36. The Morgan fingerprint density at radius 1 is 1.30 bits per heavy atom. The van der Waals surface area contributed by atoms with Crippen LogP contribution in [0, 0.1) is 12.7 Å². The Labute approximate surface area is 140 Å². The minimum absolute atomic E-state index is 0.00213. The molecule has 0 aliphatic carbocycles. The largest absolute Gasteiger partial charge is 0.421 e. The van der Waals surface area contributed by atoms with Gasteiger partial charge in [0.05, 0.1) is 11.3 Å². The molecule has 0 aliphatic heterocycles. The van der Waals surface area contributed by atoms with Gasteiger partial charge in [-0.3, -0.25) is 4.72 Å². The van der Waals surface area contributed by atoms with Gasteiger partial charge in [-0.25, -0.2) is 12.8 Å². The first-order valence-corrected chi connectivity index (χ1v) is 8.96. The third-order valence-electron chi connectivity index (χ3n) is 2.79. The van der Waals surface area contributed by atoms with Crippen LogP contribution < -0.4 is 4.72 Å². The zero-order chi connectivity index (χ0) is 16.6. The number of hydrogen-bond donors (Lipinski definition) is 1. The van der Waals surface area contributed by atoms with Crippen molar-refractivity contribution in [2.24, 2.45) is 0 Å². The molecule has 0 unspecified atom stereocenters. The quantitative estimate of drug-likeness (QED) is 0.753. The van der Waals surface area contributed by atoms with Gasteiger partial charge in [0, 0.05) is 17.3 Å². The summed E-state index contributed by atoms with van der Waals surface area (Å²) in [5.41, 5.74) is 0.297. The fourth-order valence-corrected chi connectivity index (χ4v) is 4.13. The average Bonchev–Trinajstić information content (AvgIpc) is 3.10. The van der Waals surface area contributed by atoms with Crippen molar-refractivity contribution in [1.29, 1.82) is 0 Å². The van der Waals surface area contributed by atoms with E-state index < -0.39 is 15.8 Å². The van der Waals surface area contributed by atoms with E-state index in [1.165, 1.54) is 18.2 Å². The molecule has 0 aliphatic rings. The van der Waals surface area contributed by atoms with Crippen LogP contribution in [0.15, 0.2) is 38.3 Å². The molecule has 0 fully saturated rings. The maximum absolute atomic E-state index is 13.7. The van der Waals surface area contributed by atoms with Crippen LogP contribution in [0.25, 0.3) is 11.5 Å². The summed E-state index contributed by atoms with van der Waals surface area (Å²) in [4.78, 5) is 0. The predicted molar refractivity (Wildman–Crippen MR) is 84.6 cm³/mol. The molecule has 0 atom stereocenters. The number of rotatable bonds is 4. The summed E-state index contributed by atoms with van der Waals surface area (Å²) in [5.74, 6) is -0.166. The molecule has 23 heavy (non-hydrogen) atoms. The van der Waals surface area contributed by atoms with Gasteiger partial charge >= 0.3 is 0 Å². The summed E-state index contributed by atoms with van der Waals surface area (Å²) in [6.45, 7) is 1.63. The number of thiophene rings is 1. The Morgan fingerprint density at radius 2 is 2.09 bits per heavy atom. The van der Waals surface area contributed by atoms with Crippen LogP contribution in [0.2, 0.25) is 5.02 Å². The molecular weight excluding hydrogens is 365 g/mol. The average molecular weight is 374 g/mol. The maximum atomic E-state index is 13.7. The Hall–Kier alpha value is -1.97. The minimum Gasteiger partial charge on any atom is -0.421 e. The number of benzene rings is 1. The molecule has 120 valence electrons. The Kier molecular flexibility index (Phi) is 4.09. The van der Waals surface area contributed by atoms with Gasteiger partial charge in [-0.15, -0.1) is 21.5 Å². The lowest BCUT2D eigenvalue weighted by Crippen LogP contribution is -2.12. The van der Waals surface area contributed by atoms with Crippen molar-refractivity contribution >= 4 is 38.6 Å². The summed E-state index contributed by atoms with van der Waals surface area (Å²) in [6.07, 6.45) is 0. The molecule has 1 N–H and O–H groups in total. The molecule has 0 saturated heterocycles. The van der Waals surface area contributed by atoms with Crippen molar-refractivity contribution in [3.8, 4) is 11.5 Å². The maximum Gasteiger partial charge on any atom is 0.271 e. The fraction of sp³-hybridized carbons (Fsp3) is 0.0769. The summed E-state index contributed by atoms with van der Waals surface area (Å²) >= 11 is 6.60. The van der Waals surface area contributed by atoms with Gasteiger partial charge in [-0.1, -0.05) is 11.6 Å². The summed E-state index contributed by atoms with van der Waals surface area (Å²) in [5, 5.41) is 9.25. The van der Waals surface area contributed by atoms with Crippen LogP contribution in [0.4, 0.5) is 10.1 Å². The normalized spacial score (nSPS) is 11.6. The second-order valence-electron chi connectivity index (χ2n) is 4.51. The van der Waals surface area contributed by atoms with Crippen molar-refractivity contribution in [2.75, 3.05) is 4.72 Å². The van der Waals surface area contributed by atoms with Crippen LogP contribution in [0.3, 0.4) is 0 Å². The molecule has 10 heteroatoms.